The molecule has 0 bridgehead atoms. The first-order valence-electron chi connectivity index (χ1n) is 8.56. The number of hydrogen-bond donors (Lipinski definition) is 2. The van der Waals surface area contributed by atoms with Crippen molar-refractivity contribution in [2.45, 2.75) is 50.9 Å². The van der Waals surface area contributed by atoms with Gasteiger partial charge in [0.05, 0.1) is 0 Å². The number of anilines is 1. The lowest BCUT2D eigenvalue weighted by atomic mass is 10.1. The quantitative estimate of drug-likeness (QED) is 0.815. The van der Waals surface area contributed by atoms with Crippen LogP contribution in [0.3, 0.4) is 0 Å². The van der Waals surface area contributed by atoms with Gasteiger partial charge in [-0.05, 0) is 37.0 Å². The third kappa shape index (κ3) is 4.41. The van der Waals surface area contributed by atoms with E-state index in [1.807, 2.05) is 24.3 Å². The van der Waals surface area contributed by atoms with Crippen molar-refractivity contribution in [3.63, 3.8) is 0 Å². The fourth-order valence-corrected chi connectivity index (χ4v) is 3.03. The van der Waals surface area contributed by atoms with Gasteiger partial charge in [-0.3, -0.25) is 4.79 Å². The molecular formula is C18H23N3O3. The molecule has 0 unspecified atom stereocenters. The first-order chi connectivity index (χ1) is 11.7. The molecule has 1 aliphatic carbocycles. The van der Waals surface area contributed by atoms with Crippen molar-refractivity contribution in [2.24, 2.45) is 0 Å². The van der Waals surface area contributed by atoms with Gasteiger partial charge in [-0.25, -0.2) is 0 Å². The van der Waals surface area contributed by atoms with Crippen LogP contribution < -0.4 is 5.32 Å². The van der Waals surface area contributed by atoms with Crippen LogP contribution in [0.25, 0.3) is 0 Å². The fraction of sp³-hybridized carbons (Fsp3) is 0.500. The lowest BCUT2D eigenvalue weighted by Gasteiger charge is -2.05. The zero-order valence-electron chi connectivity index (χ0n) is 13.7. The molecule has 6 heteroatoms. The van der Waals surface area contributed by atoms with Gasteiger partial charge < -0.3 is 14.8 Å². The van der Waals surface area contributed by atoms with Gasteiger partial charge >= 0.3 is 0 Å². The van der Waals surface area contributed by atoms with Gasteiger partial charge in [0.1, 0.15) is 0 Å². The molecule has 0 saturated heterocycles. The third-order valence-electron chi connectivity index (χ3n) is 4.39. The number of nitrogens with one attached hydrogen (secondary N) is 1. The van der Waals surface area contributed by atoms with Crippen LogP contribution >= 0.6 is 0 Å². The minimum atomic E-state index is -0.0782. The summed E-state index contributed by atoms with van der Waals surface area (Å²) in [4.78, 5) is 12.0. The molecule has 3 rings (SSSR count). The van der Waals surface area contributed by atoms with Crippen LogP contribution in [0.1, 0.15) is 55.4 Å². The van der Waals surface area contributed by atoms with E-state index in [9.17, 15) is 4.79 Å². The number of carbonyl (C=O) groups excluding carboxylic acids is 1. The van der Waals surface area contributed by atoms with Crippen molar-refractivity contribution in [3.05, 3.63) is 41.6 Å². The van der Waals surface area contributed by atoms with Crippen LogP contribution in [0.15, 0.2) is 28.7 Å². The molecule has 1 heterocycles. The minimum Gasteiger partial charge on any atom is -0.425 e. The zero-order chi connectivity index (χ0) is 16.8. The molecule has 6 nitrogen and oxygen atoms in total. The molecule has 1 saturated carbocycles. The maximum Gasteiger partial charge on any atom is 0.224 e. The van der Waals surface area contributed by atoms with Gasteiger partial charge in [0, 0.05) is 31.1 Å². The van der Waals surface area contributed by atoms with Gasteiger partial charge in [0.15, 0.2) is 0 Å². The molecule has 1 aliphatic rings. The van der Waals surface area contributed by atoms with E-state index < -0.39 is 0 Å². The zero-order valence-corrected chi connectivity index (χ0v) is 13.7. The number of aromatic nitrogens is 2. The highest BCUT2D eigenvalue weighted by Gasteiger charge is 2.22. The van der Waals surface area contributed by atoms with E-state index in [4.69, 9.17) is 9.52 Å². The predicted molar refractivity (Wildman–Crippen MR) is 89.7 cm³/mol. The molecule has 0 spiro atoms. The molecule has 0 aliphatic heterocycles. The lowest BCUT2D eigenvalue weighted by molar-refractivity contribution is -0.116. The predicted octanol–water partition coefficient (Wildman–Crippen LogP) is 2.83. The average Bonchev–Trinajstić information content (AvgIpc) is 3.26. The first-order valence-corrected chi connectivity index (χ1v) is 8.56. The van der Waals surface area contributed by atoms with Crippen LogP contribution in [0.2, 0.25) is 0 Å². The van der Waals surface area contributed by atoms with Gasteiger partial charge in [-0.1, -0.05) is 25.0 Å². The summed E-state index contributed by atoms with van der Waals surface area (Å²) >= 11 is 0. The first kappa shape index (κ1) is 16.6. The van der Waals surface area contributed by atoms with Gasteiger partial charge in [-0.2, -0.15) is 0 Å². The summed E-state index contributed by atoms with van der Waals surface area (Å²) in [5.41, 5.74) is 1.79. The summed E-state index contributed by atoms with van der Waals surface area (Å²) in [7, 11) is 0. The molecule has 1 amide bonds. The summed E-state index contributed by atoms with van der Waals surface area (Å²) < 4.78 is 5.68. The summed E-state index contributed by atoms with van der Waals surface area (Å²) in [5, 5.41) is 19.9. The fourth-order valence-electron chi connectivity index (χ4n) is 3.03. The molecule has 2 N–H and O–H groups in total. The number of aliphatic hydroxyl groups is 1. The average molecular weight is 329 g/mol. The molecule has 0 atom stereocenters. The van der Waals surface area contributed by atoms with E-state index in [1.54, 1.807) is 0 Å². The number of nitrogens with zero attached hydrogens (tertiary/aromatic N) is 2. The van der Waals surface area contributed by atoms with Crippen LogP contribution in [0.4, 0.5) is 5.69 Å². The summed E-state index contributed by atoms with van der Waals surface area (Å²) in [6, 6.07) is 7.48. The van der Waals surface area contributed by atoms with Crippen LogP contribution in [0, 0.1) is 0 Å². The SMILES string of the molecule is O=C(CCc1nnc(C2CCCC2)o1)Nc1ccc(CCO)cc1. The van der Waals surface area contributed by atoms with Gasteiger partial charge in [0.2, 0.25) is 17.7 Å². The Bertz CT molecular complexity index is 660. The van der Waals surface area contributed by atoms with E-state index in [1.165, 1.54) is 12.8 Å². The maximum atomic E-state index is 12.0. The van der Waals surface area contributed by atoms with E-state index in [2.05, 4.69) is 15.5 Å². The molecule has 1 aromatic heterocycles. The van der Waals surface area contributed by atoms with E-state index in [-0.39, 0.29) is 12.5 Å². The minimum absolute atomic E-state index is 0.0782. The van der Waals surface area contributed by atoms with E-state index in [0.29, 0.717) is 31.1 Å². The van der Waals surface area contributed by atoms with Gasteiger partial charge in [0.25, 0.3) is 0 Å². The van der Waals surface area contributed by atoms with E-state index in [0.717, 1.165) is 30.0 Å². The van der Waals surface area contributed by atoms with Crippen molar-refractivity contribution in [1.29, 1.82) is 0 Å². The molecule has 24 heavy (non-hydrogen) atoms. The number of aliphatic hydroxyl groups excluding tert-OH is 1. The highest BCUT2D eigenvalue weighted by molar-refractivity contribution is 5.90. The van der Waals surface area contributed by atoms with Crippen molar-refractivity contribution in [2.75, 3.05) is 11.9 Å². The molecule has 1 aromatic carbocycles. The monoisotopic (exact) mass is 329 g/mol. The van der Waals surface area contributed by atoms with Crippen molar-refractivity contribution in [1.82, 2.24) is 10.2 Å². The number of benzene rings is 1. The summed E-state index contributed by atoms with van der Waals surface area (Å²) in [6.07, 6.45) is 6.07. The second kappa shape index (κ2) is 8.06. The molecule has 2 aromatic rings. The Kier molecular flexibility index (Phi) is 5.59. The molecule has 1 fully saturated rings. The summed E-state index contributed by atoms with van der Waals surface area (Å²) in [6.45, 7) is 0.124. The van der Waals surface area contributed by atoms with Crippen molar-refractivity contribution >= 4 is 11.6 Å². The Balaban J connectivity index is 1.46. The Morgan fingerprint density at radius 1 is 1.17 bits per heavy atom. The Hall–Kier alpha value is -2.21. The number of carbonyl (C=O) groups is 1. The second-order valence-corrected chi connectivity index (χ2v) is 6.23. The summed E-state index contributed by atoms with van der Waals surface area (Å²) in [5.74, 6) is 1.58. The third-order valence-corrected chi connectivity index (χ3v) is 4.39. The topological polar surface area (TPSA) is 88.2 Å². The largest absolute Gasteiger partial charge is 0.425 e. The van der Waals surface area contributed by atoms with Crippen molar-refractivity contribution < 1.29 is 14.3 Å². The molecular weight excluding hydrogens is 306 g/mol. The highest BCUT2D eigenvalue weighted by Crippen LogP contribution is 2.33. The van der Waals surface area contributed by atoms with Crippen LogP contribution in [-0.4, -0.2) is 27.8 Å². The van der Waals surface area contributed by atoms with E-state index >= 15 is 0 Å². The Morgan fingerprint density at radius 2 is 1.92 bits per heavy atom. The Morgan fingerprint density at radius 3 is 2.62 bits per heavy atom. The highest BCUT2D eigenvalue weighted by atomic mass is 16.4. The smallest absolute Gasteiger partial charge is 0.224 e. The number of rotatable bonds is 7. The Labute approximate surface area is 141 Å². The molecule has 128 valence electrons. The number of hydrogen-bond acceptors (Lipinski definition) is 5. The van der Waals surface area contributed by atoms with Crippen LogP contribution in [0.5, 0.6) is 0 Å². The van der Waals surface area contributed by atoms with Gasteiger partial charge in [-0.15, -0.1) is 10.2 Å². The lowest BCUT2D eigenvalue weighted by Crippen LogP contribution is -2.12. The van der Waals surface area contributed by atoms with Crippen molar-refractivity contribution in [3.8, 4) is 0 Å². The standard InChI is InChI=1S/C18H23N3O3/c22-12-11-13-5-7-15(8-6-13)19-16(23)9-10-17-20-21-18(24-17)14-3-1-2-4-14/h5-8,14,22H,1-4,9-12H2,(H,19,23). The van der Waals surface area contributed by atoms with Crippen LogP contribution in [-0.2, 0) is 17.6 Å². The maximum absolute atomic E-state index is 12.0. The second-order valence-electron chi connectivity index (χ2n) is 6.23. The normalized spacial score (nSPS) is 14.9. The number of amides is 1. The number of aryl methyl sites for hydroxylation is 1. The molecule has 0 radical (unpaired) electrons.